The number of carbonyl (C=O) groups is 1. The van der Waals surface area contributed by atoms with Gasteiger partial charge in [0, 0.05) is 6.42 Å². The second-order valence-electron chi connectivity index (χ2n) is 2.56. The molecule has 0 saturated carbocycles. The molecule has 0 amide bonds. The number of carboxylic acid groups (broad SMARTS) is 1. The normalized spacial score (nSPS) is 8.82. The van der Waals surface area contributed by atoms with Crippen LogP contribution in [0.25, 0.3) is 0 Å². The van der Waals surface area contributed by atoms with Crippen molar-refractivity contribution in [3.8, 4) is 0 Å². The topological polar surface area (TPSA) is 37.3 Å². The fourth-order valence-electron chi connectivity index (χ4n) is 0.880. The summed E-state index contributed by atoms with van der Waals surface area (Å²) < 4.78 is 0. The first-order valence-corrected chi connectivity index (χ1v) is 3.99. The Morgan fingerprint density at radius 1 is 1.18 bits per heavy atom. The molecule has 0 aromatic heterocycles. The fourth-order valence-corrected chi connectivity index (χ4v) is 0.880. The van der Waals surface area contributed by atoms with E-state index in [0.29, 0.717) is 6.42 Å². The third-order valence-electron chi connectivity index (χ3n) is 1.49. The van der Waals surface area contributed by atoms with Crippen LogP contribution in [-0.2, 0) is 4.79 Å². The summed E-state index contributed by atoms with van der Waals surface area (Å²) >= 11 is 0. The van der Waals surface area contributed by atoms with E-state index in [4.69, 9.17) is 5.11 Å². The van der Waals surface area contributed by atoms with Crippen molar-refractivity contribution in [3.05, 3.63) is 0 Å². The van der Waals surface area contributed by atoms with Gasteiger partial charge in [0.2, 0.25) is 0 Å². The van der Waals surface area contributed by atoms with E-state index in [1.807, 2.05) is 0 Å². The van der Waals surface area contributed by atoms with Gasteiger partial charge < -0.3 is 5.11 Å². The van der Waals surface area contributed by atoms with Crippen LogP contribution in [0.3, 0.4) is 0 Å². The zero-order chi connectivity index (χ0) is 7.82. The standard InChI is InChI=1S/C8H16O2.Sn.2H/c1-2-3-4-5-6-7-8(9)10;;;/h2-7H2,1H3,(H,9,10);;;. The molecule has 0 spiro atoms. The summed E-state index contributed by atoms with van der Waals surface area (Å²) in [7, 11) is 0. The van der Waals surface area contributed by atoms with E-state index in [2.05, 4.69) is 6.92 Å². The molecule has 0 atom stereocenters. The predicted octanol–water partition coefficient (Wildman–Crippen LogP) is 1.52. The van der Waals surface area contributed by atoms with Gasteiger partial charge in [0.15, 0.2) is 0 Å². The molecule has 0 unspecified atom stereocenters. The molecule has 0 rings (SSSR count). The molecule has 0 aliphatic rings. The summed E-state index contributed by atoms with van der Waals surface area (Å²) in [5.41, 5.74) is 0. The average Bonchev–Trinajstić information content (AvgIpc) is 1.87. The Balaban J connectivity index is 0. The molecule has 0 aliphatic heterocycles. The van der Waals surface area contributed by atoms with Crippen LogP contribution in [0.5, 0.6) is 0 Å². The molecule has 0 heterocycles. The Kier molecular flexibility index (Phi) is 12.9. The molecule has 0 aliphatic carbocycles. The van der Waals surface area contributed by atoms with Gasteiger partial charge in [0.05, 0.1) is 0 Å². The maximum atomic E-state index is 10.0. The number of hydrogen-bond donors (Lipinski definition) is 1. The summed E-state index contributed by atoms with van der Waals surface area (Å²) in [5, 5.41) is 8.27. The minimum absolute atomic E-state index is 0. The Labute approximate surface area is 85.3 Å². The quantitative estimate of drug-likeness (QED) is 0.584. The van der Waals surface area contributed by atoms with Gasteiger partial charge >= 0.3 is 29.9 Å². The Morgan fingerprint density at radius 2 is 1.73 bits per heavy atom. The van der Waals surface area contributed by atoms with Gasteiger partial charge in [0.25, 0.3) is 0 Å². The number of rotatable bonds is 6. The van der Waals surface area contributed by atoms with Crippen molar-refractivity contribution < 1.29 is 9.90 Å². The van der Waals surface area contributed by atoms with E-state index >= 15 is 0 Å². The molecule has 0 saturated heterocycles. The molecule has 1 N–H and O–H groups in total. The van der Waals surface area contributed by atoms with Crippen molar-refractivity contribution in [3.63, 3.8) is 0 Å². The summed E-state index contributed by atoms with van der Waals surface area (Å²) in [6.45, 7) is 2.15. The summed E-state index contributed by atoms with van der Waals surface area (Å²) in [5.74, 6) is -0.670. The van der Waals surface area contributed by atoms with Crippen LogP contribution in [0, 0.1) is 0 Å². The van der Waals surface area contributed by atoms with Crippen LogP contribution in [-0.4, -0.2) is 35.0 Å². The first-order chi connectivity index (χ1) is 4.77. The van der Waals surface area contributed by atoms with Gasteiger partial charge in [-0.15, -0.1) is 0 Å². The first-order valence-electron chi connectivity index (χ1n) is 3.99. The summed E-state index contributed by atoms with van der Waals surface area (Å²) in [6.07, 6.45) is 5.88. The molecule has 3 heteroatoms. The molecule has 66 valence electrons. The second kappa shape index (κ2) is 10.3. The van der Waals surface area contributed by atoms with Gasteiger partial charge in [-0.3, -0.25) is 4.79 Å². The SMILES string of the molecule is CCCCCCCC(=O)O.[SnH2]. The van der Waals surface area contributed by atoms with Gasteiger partial charge in [-0.05, 0) is 6.42 Å². The van der Waals surface area contributed by atoms with E-state index in [-0.39, 0.29) is 23.9 Å². The number of unbranched alkanes of at least 4 members (excludes halogenated alkanes) is 4. The monoisotopic (exact) mass is 266 g/mol. The number of hydrogen-bond acceptors (Lipinski definition) is 1. The molecule has 2 radical (unpaired) electrons. The number of carboxylic acids is 1. The molecule has 11 heavy (non-hydrogen) atoms. The van der Waals surface area contributed by atoms with Crippen molar-refractivity contribution in [2.45, 2.75) is 45.4 Å². The first kappa shape index (κ1) is 13.8. The molecule has 0 bridgehead atoms. The summed E-state index contributed by atoms with van der Waals surface area (Å²) in [4.78, 5) is 10.0. The van der Waals surface area contributed by atoms with Crippen molar-refractivity contribution in [1.82, 2.24) is 0 Å². The summed E-state index contributed by atoms with van der Waals surface area (Å²) in [6, 6.07) is 0. The Morgan fingerprint density at radius 3 is 2.18 bits per heavy atom. The molecular weight excluding hydrogens is 247 g/mol. The van der Waals surface area contributed by atoms with Gasteiger partial charge in [0.1, 0.15) is 0 Å². The molecule has 0 aromatic rings. The van der Waals surface area contributed by atoms with Crippen LogP contribution < -0.4 is 0 Å². The van der Waals surface area contributed by atoms with Crippen molar-refractivity contribution in [2.75, 3.05) is 0 Å². The van der Waals surface area contributed by atoms with Crippen molar-refractivity contribution >= 4 is 29.9 Å². The zero-order valence-corrected chi connectivity index (χ0v) is 11.3. The van der Waals surface area contributed by atoms with Gasteiger partial charge in [-0.2, -0.15) is 0 Å². The van der Waals surface area contributed by atoms with Crippen LogP contribution in [0.2, 0.25) is 0 Å². The van der Waals surface area contributed by atoms with E-state index in [0.717, 1.165) is 12.8 Å². The third kappa shape index (κ3) is 13.3. The molecule has 0 fully saturated rings. The maximum absolute atomic E-state index is 10.0. The number of aliphatic carboxylic acids is 1. The van der Waals surface area contributed by atoms with E-state index < -0.39 is 5.97 Å². The van der Waals surface area contributed by atoms with Crippen LogP contribution in [0.4, 0.5) is 0 Å². The van der Waals surface area contributed by atoms with Crippen LogP contribution in [0.15, 0.2) is 0 Å². The fraction of sp³-hybridized carbons (Fsp3) is 0.875. The zero-order valence-electron chi connectivity index (χ0n) is 7.31. The van der Waals surface area contributed by atoms with E-state index in [1.54, 1.807) is 0 Å². The Hall–Kier alpha value is 0.269. The molecule has 0 aromatic carbocycles. The van der Waals surface area contributed by atoms with Crippen LogP contribution >= 0.6 is 0 Å². The van der Waals surface area contributed by atoms with Crippen LogP contribution in [0.1, 0.15) is 45.4 Å². The molecule has 2 nitrogen and oxygen atoms in total. The Bertz CT molecular complexity index is 94.1. The minimum atomic E-state index is -0.670. The predicted molar refractivity (Wildman–Crippen MR) is 49.6 cm³/mol. The van der Waals surface area contributed by atoms with E-state index in [9.17, 15) is 4.79 Å². The second-order valence-corrected chi connectivity index (χ2v) is 2.56. The van der Waals surface area contributed by atoms with Gasteiger partial charge in [-0.25, -0.2) is 0 Å². The van der Waals surface area contributed by atoms with Crippen molar-refractivity contribution in [1.29, 1.82) is 0 Å². The molecular formula is C8H18O2Sn. The average molecular weight is 265 g/mol. The van der Waals surface area contributed by atoms with Crippen molar-refractivity contribution in [2.24, 2.45) is 0 Å². The van der Waals surface area contributed by atoms with Gasteiger partial charge in [-0.1, -0.05) is 32.6 Å². The van der Waals surface area contributed by atoms with E-state index in [1.165, 1.54) is 19.3 Å². The third-order valence-corrected chi connectivity index (χ3v) is 1.49.